The molecule has 5 aliphatic rings. The zero-order valence-corrected chi connectivity index (χ0v) is 20.7. The van der Waals surface area contributed by atoms with Gasteiger partial charge in [-0.25, -0.2) is 4.79 Å². The molecule has 4 saturated carbocycles. The lowest BCUT2D eigenvalue weighted by Gasteiger charge is -2.57. The number of halogens is 1. The molecule has 4 bridgehead atoms. The van der Waals surface area contributed by atoms with E-state index in [9.17, 15) is 14.7 Å². The molecular formula is C26H29BrO4S. The summed E-state index contributed by atoms with van der Waals surface area (Å²) >= 11 is 4.83. The second kappa shape index (κ2) is 8.35. The average Bonchev–Trinajstić information content (AvgIpc) is 2.78. The van der Waals surface area contributed by atoms with Gasteiger partial charge in [0, 0.05) is 16.5 Å². The number of rotatable bonds is 6. The van der Waals surface area contributed by atoms with Crippen LogP contribution < -0.4 is 4.74 Å². The van der Waals surface area contributed by atoms with Gasteiger partial charge in [-0.1, -0.05) is 45.9 Å². The molecule has 6 heteroatoms. The number of thioether (sulfide) groups is 1. The molecule has 0 spiro atoms. The molecule has 0 aromatic heterocycles. The van der Waals surface area contributed by atoms with Crippen LogP contribution in [0, 0.1) is 17.8 Å². The van der Waals surface area contributed by atoms with Crippen molar-refractivity contribution in [3.05, 3.63) is 53.1 Å². The third-order valence-corrected chi connectivity index (χ3v) is 10.7. The van der Waals surface area contributed by atoms with E-state index in [1.807, 2.05) is 18.2 Å². The van der Waals surface area contributed by atoms with Gasteiger partial charge in [0.05, 0.1) is 17.4 Å². The number of methoxy groups -OCH3 is 1. The highest BCUT2D eigenvalue weighted by Gasteiger charge is 2.52. The second-order valence-corrected chi connectivity index (χ2v) is 12.2. The zero-order valence-electron chi connectivity index (χ0n) is 18.3. The molecule has 1 N–H and O–H groups in total. The molecule has 1 atom stereocenters. The first-order valence-corrected chi connectivity index (χ1v) is 13.4. The summed E-state index contributed by atoms with van der Waals surface area (Å²) < 4.78 is 5.32. The number of carboxylic acid groups (broad SMARTS) is 1. The summed E-state index contributed by atoms with van der Waals surface area (Å²) in [6.07, 6.45) is 13.5. The largest absolute Gasteiger partial charge is 0.496 e. The SMILES string of the molecule is COc1ccc(C(=O)SC2(CBr)C=CC(C(=O)O)=CC2)cc1C12CC3CC(CC(C3)C1)C2. The van der Waals surface area contributed by atoms with Crippen LogP contribution in [0.25, 0.3) is 0 Å². The number of aliphatic carboxylic acids is 1. The van der Waals surface area contributed by atoms with Crippen molar-refractivity contribution < 1.29 is 19.4 Å². The summed E-state index contributed by atoms with van der Waals surface area (Å²) in [6, 6.07) is 5.96. The minimum Gasteiger partial charge on any atom is -0.496 e. The van der Waals surface area contributed by atoms with Gasteiger partial charge in [0.2, 0.25) is 5.12 Å². The summed E-state index contributed by atoms with van der Waals surface area (Å²) in [4.78, 5) is 24.6. The van der Waals surface area contributed by atoms with E-state index in [0.29, 0.717) is 17.3 Å². The molecule has 0 saturated heterocycles. The van der Waals surface area contributed by atoms with E-state index < -0.39 is 10.7 Å². The van der Waals surface area contributed by atoms with E-state index in [1.54, 1.807) is 19.3 Å². The van der Waals surface area contributed by atoms with Gasteiger partial charge in [0.15, 0.2) is 0 Å². The van der Waals surface area contributed by atoms with Crippen LogP contribution in [0.15, 0.2) is 42.0 Å². The van der Waals surface area contributed by atoms with Gasteiger partial charge in [-0.3, -0.25) is 4.79 Å². The monoisotopic (exact) mass is 516 g/mol. The Kier molecular flexibility index (Phi) is 5.81. The fourth-order valence-electron chi connectivity index (χ4n) is 6.95. The van der Waals surface area contributed by atoms with Crippen molar-refractivity contribution in [2.24, 2.45) is 17.8 Å². The molecule has 1 aromatic carbocycles. The van der Waals surface area contributed by atoms with Crippen LogP contribution in [0.2, 0.25) is 0 Å². The Labute approximate surface area is 202 Å². The summed E-state index contributed by atoms with van der Waals surface area (Å²) in [5, 5.41) is 9.82. The van der Waals surface area contributed by atoms with Gasteiger partial charge in [0.1, 0.15) is 5.75 Å². The Morgan fingerprint density at radius 2 is 1.81 bits per heavy atom. The number of benzene rings is 1. The molecule has 170 valence electrons. The van der Waals surface area contributed by atoms with Crippen molar-refractivity contribution >= 4 is 38.8 Å². The molecule has 6 rings (SSSR count). The third kappa shape index (κ3) is 3.87. The van der Waals surface area contributed by atoms with Gasteiger partial charge in [-0.05, 0) is 86.3 Å². The highest BCUT2D eigenvalue weighted by Crippen LogP contribution is 2.62. The van der Waals surface area contributed by atoms with Crippen molar-refractivity contribution in [3.63, 3.8) is 0 Å². The third-order valence-electron chi connectivity index (χ3n) is 8.05. The molecule has 1 aromatic rings. The van der Waals surface area contributed by atoms with Crippen LogP contribution in [0.3, 0.4) is 0 Å². The first-order valence-electron chi connectivity index (χ1n) is 11.5. The molecule has 4 fully saturated rings. The lowest BCUT2D eigenvalue weighted by atomic mass is 9.48. The van der Waals surface area contributed by atoms with Crippen LogP contribution in [0.4, 0.5) is 0 Å². The minimum atomic E-state index is -0.934. The van der Waals surface area contributed by atoms with E-state index in [-0.39, 0.29) is 16.1 Å². The normalized spacial score (nSPS) is 34.9. The van der Waals surface area contributed by atoms with E-state index >= 15 is 0 Å². The number of hydrogen-bond acceptors (Lipinski definition) is 4. The van der Waals surface area contributed by atoms with Crippen LogP contribution in [0.1, 0.15) is 60.9 Å². The topological polar surface area (TPSA) is 63.6 Å². The zero-order chi connectivity index (χ0) is 22.5. The van der Waals surface area contributed by atoms with Gasteiger partial charge < -0.3 is 9.84 Å². The van der Waals surface area contributed by atoms with Crippen molar-refractivity contribution in [1.29, 1.82) is 0 Å². The summed E-state index contributed by atoms with van der Waals surface area (Å²) in [5.41, 5.74) is 2.37. The van der Waals surface area contributed by atoms with Gasteiger partial charge in [0.25, 0.3) is 0 Å². The van der Waals surface area contributed by atoms with Crippen LogP contribution >= 0.6 is 27.7 Å². The van der Waals surface area contributed by atoms with E-state index in [0.717, 1.165) is 23.5 Å². The molecule has 32 heavy (non-hydrogen) atoms. The fraction of sp³-hybridized carbons (Fsp3) is 0.538. The predicted octanol–water partition coefficient (Wildman–Crippen LogP) is 6.14. The number of alkyl halides is 1. The smallest absolute Gasteiger partial charge is 0.335 e. The molecule has 0 heterocycles. The quantitative estimate of drug-likeness (QED) is 0.460. The summed E-state index contributed by atoms with van der Waals surface area (Å²) in [5.74, 6) is 2.43. The maximum Gasteiger partial charge on any atom is 0.335 e. The minimum absolute atomic E-state index is 0.0231. The van der Waals surface area contributed by atoms with Gasteiger partial charge in [-0.2, -0.15) is 0 Å². The number of carboxylic acids is 1. The van der Waals surface area contributed by atoms with Crippen molar-refractivity contribution in [2.45, 2.75) is 55.1 Å². The molecule has 0 radical (unpaired) electrons. The Hall–Kier alpha value is -1.53. The number of ether oxygens (including phenoxy) is 1. The van der Waals surface area contributed by atoms with Gasteiger partial charge >= 0.3 is 5.97 Å². The molecule has 0 aliphatic heterocycles. The Balaban J connectivity index is 1.42. The standard InChI is InChI=1S/C26H29BrO4S/c1-31-22-3-2-20(24(30)32-26(15-27)6-4-19(5-7-26)23(28)29)11-21(22)25-12-16-8-17(13-25)10-18(9-16)14-25/h2-6,11,16-18H,7-10,12-15H2,1H3,(H,28,29). The summed E-state index contributed by atoms with van der Waals surface area (Å²) in [6.45, 7) is 0. The molecule has 5 aliphatic carbocycles. The van der Waals surface area contributed by atoms with E-state index in [4.69, 9.17) is 4.74 Å². The van der Waals surface area contributed by atoms with Crippen LogP contribution in [0.5, 0.6) is 5.75 Å². The number of carbonyl (C=O) groups is 2. The van der Waals surface area contributed by atoms with Crippen molar-refractivity contribution in [2.75, 3.05) is 12.4 Å². The van der Waals surface area contributed by atoms with E-state index in [2.05, 4.69) is 22.0 Å². The number of hydrogen-bond donors (Lipinski definition) is 1. The first-order chi connectivity index (χ1) is 15.4. The molecule has 4 nitrogen and oxygen atoms in total. The maximum absolute atomic E-state index is 13.4. The van der Waals surface area contributed by atoms with Crippen molar-refractivity contribution in [1.82, 2.24) is 0 Å². The fourth-order valence-corrected chi connectivity index (χ4v) is 8.69. The maximum atomic E-state index is 13.4. The van der Waals surface area contributed by atoms with Crippen LogP contribution in [-0.2, 0) is 10.2 Å². The lowest BCUT2D eigenvalue weighted by Crippen LogP contribution is -2.48. The number of allylic oxidation sites excluding steroid dienone is 1. The lowest BCUT2D eigenvalue weighted by molar-refractivity contribution is -0.132. The van der Waals surface area contributed by atoms with Crippen LogP contribution in [-0.4, -0.2) is 33.4 Å². The second-order valence-electron chi connectivity index (χ2n) is 10.2. The van der Waals surface area contributed by atoms with Crippen molar-refractivity contribution in [3.8, 4) is 5.75 Å². The first kappa shape index (κ1) is 22.3. The highest BCUT2D eigenvalue weighted by molar-refractivity contribution is 9.09. The molecular weight excluding hydrogens is 488 g/mol. The Morgan fingerprint density at radius 3 is 2.31 bits per heavy atom. The van der Waals surface area contributed by atoms with Gasteiger partial charge in [-0.15, -0.1) is 0 Å². The average molecular weight is 517 g/mol. The Morgan fingerprint density at radius 1 is 1.16 bits per heavy atom. The van der Waals surface area contributed by atoms with E-state index in [1.165, 1.54) is 55.9 Å². The number of carbonyl (C=O) groups excluding carboxylic acids is 1. The predicted molar refractivity (Wildman–Crippen MR) is 131 cm³/mol. The Bertz CT molecular complexity index is 978. The molecule has 1 unspecified atom stereocenters. The molecule has 0 amide bonds. The summed E-state index contributed by atoms with van der Waals surface area (Å²) in [7, 11) is 1.73. The highest BCUT2D eigenvalue weighted by atomic mass is 79.9.